The number of carbonyl (C=O) groups excluding carboxylic acids is 3. The third kappa shape index (κ3) is 6.83. The Morgan fingerprint density at radius 1 is 0.875 bits per heavy atom. The second kappa shape index (κ2) is 10.3. The zero-order chi connectivity index (χ0) is 23.1. The average molecular weight is 440 g/mol. The van der Waals surface area contributed by atoms with Gasteiger partial charge in [0.25, 0.3) is 0 Å². The number of alkyl carbamates (subject to hydrolysis) is 1. The van der Waals surface area contributed by atoms with Gasteiger partial charge in [0.2, 0.25) is 0 Å². The number of benzene rings is 2. The molecule has 1 saturated carbocycles. The predicted molar refractivity (Wildman–Crippen MR) is 118 cm³/mol. The highest BCUT2D eigenvalue weighted by molar-refractivity contribution is 5.90. The van der Waals surface area contributed by atoms with Gasteiger partial charge in [-0.05, 0) is 51.5 Å². The second-order valence-electron chi connectivity index (χ2n) is 8.85. The molecule has 7 heteroatoms. The number of esters is 2. The molecule has 0 aromatic heterocycles. The molecule has 2 aromatic carbocycles. The lowest BCUT2D eigenvalue weighted by Crippen LogP contribution is -2.38. The summed E-state index contributed by atoms with van der Waals surface area (Å²) in [5, 5.41) is 2.83. The Morgan fingerprint density at radius 3 is 2.00 bits per heavy atom. The molecule has 3 rings (SSSR count). The molecule has 0 aliphatic heterocycles. The molecule has 0 saturated heterocycles. The highest BCUT2D eigenvalue weighted by Gasteiger charge is 2.39. The minimum Gasteiger partial charge on any atom is -0.462 e. The van der Waals surface area contributed by atoms with Crippen LogP contribution in [0.2, 0.25) is 0 Å². The van der Waals surface area contributed by atoms with Crippen LogP contribution < -0.4 is 5.32 Å². The highest BCUT2D eigenvalue weighted by Crippen LogP contribution is 2.30. The van der Waals surface area contributed by atoms with Gasteiger partial charge >= 0.3 is 18.0 Å². The summed E-state index contributed by atoms with van der Waals surface area (Å²) in [6.45, 7) is 5.44. The van der Waals surface area contributed by atoms with Crippen molar-refractivity contribution in [1.82, 2.24) is 5.32 Å². The molecule has 0 bridgehead atoms. The molecule has 7 nitrogen and oxygen atoms in total. The molecule has 170 valence electrons. The third-order valence-electron chi connectivity index (χ3n) is 5.06. The lowest BCUT2D eigenvalue weighted by molar-refractivity contribution is 0.00483. The molecular weight excluding hydrogens is 410 g/mol. The van der Waals surface area contributed by atoms with E-state index in [1.54, 1.807) is 69.3 Å². The maximum Gasteiger partial charge on any atom is 0.407 e. The maximum absolute atomic E-state index is 12.6. The van der Waals surface area contributed by atoms with E-state index in [0.29, 0.717) is 24.0 Å². The average Bonchev–Trinajstić information content (AvgIpc) is 3.12. The van der Waals surface area contributed by atoms with Gasteiger partial charge in [-0.15, -0.1) is 0 Å². The van der Waals surface area contributed by atoms with E-state index in [2.05, 4.69) is 5.32 Å². The van der Waals surface area contributed by atoms with Crippen LogP contribution in [0.1, 0.15) is 54.3 Å². The Labute approximate surface area is 188 Å². The topological polar surface area (TPSA) is 90.9 Å². The highest BCUT2D eigenvalue weighted by atomic mass is 16.6. The molecule has 1 amide bonds. The molecule has 0 spiro atoms. The number of carbonyl (C=O) groups is 3. The van der Waals surface area contributed by atoms with E-state index < -0.39 is 29.7 Å². The number of ether oxygens (including phenoxy) is 3. The van der Waals surface area contributed by atoms with Gasteiger partial charge in [0, 0.05) is 18.4 Å². The zero-order valence-corrected chi connectivity index (χ0v) is 18.6. The Bertz CT molecular complexity index is 922. The van der Waals surface area contributed by atoms with Crippen molar-refractivity contribution in [3.05, 3.63) is 71.8 Å². The quantitative estimate of drug-likeness (QED) is 0.531. The summed E-state index contributed by atoms with van der Waals surface area (Å²) in [5.41, 5.74) is 0.273. The SMILES string of the molecule is CC(C)(C)OC(=O)N[C@@H]1C[C@@H](COC(=O)c2ccccc2)[C@@H](OC(=O)c2ccccc2)C1. The van der Waals surface area contributed by atoms with Crippen molar-refractivity contribution in [2.75, 3.05) is 6.61 Å². The second-order valence-corrected chi connectivity index (χ2v) is 8.85. The summed E-state index contributed by atoms with van der Waals surface area (Å²) in [6.07, 6.45) is -0.136. The van der Waals surface area contributed by atoms with Crippen LogP contribution in [0.5, 0.6) is 0 Å². The normalized spacial score (nSPS) is 20.3. The number of nitrogens with one attached hydrogen (secondary N) is 1. The van der Waals surface area contributed by atoms with Crippen LogP contribution in [0.4, 0.5) is 4.79 Å². The molecule has 1 aliphatic carbocycles. The largest absolute Gasteiger partial charge is 0.462 e. The molecule has 0 radical (unpaired) electrons. The summed E-state index contributed by atoms with van der Waals surface area (Å²) >= 11 is 0. The summed E-state index contributed by atoms with van der Waals surface area (Å²) < 4.78 is 16.6. The van der Waals surface area contributed by atoms with Crippen LogP contribution >= 0.6 is 0 Å². The molecule has 1 N–H and O–H groups in total. The fraction of sp³-hybridized carbons (Fsp3) is 0.400. The molecule has 0 unspecified atom stereocenters. The monoisotopic (exact) mass is 439 g/mol. The maximum atomic E-state index is 12.6. The molecule has 3 atom stereocenters. The van der Waals surface area contributed by atoms with Gasteiger partial charge in [-0.3, -0.25) is 0 Å². The van der Waals surface area contributed by atoms with Crippen molar-refractivity contribution in [2.24, 2.45) is 5.92 Å². The van der Waals surface area contributed by atoms with Gasteiger partial charge in [0.1, 0.15) is 11.7 Å². The number of amides is 1. The molecule has 1 aliphatic rings. The van der Waals surface area contributed by atoms with Crippen molar-refractivity contribution < 1.29 is 28.6 Å². The minimum absolute atomic E-state index is 0.0764. The van der Waals surface area contributed by atoms with Crippen molar-refractivity contribution in [3.63, 3.8) is 0 Å². The van der Waals surface area contributed by atoms with E-state index in [9.17, 15) is 14.4 Å². The molecule has 1 fully saturated rings. The van der Waals surface area contributed by atoms with Gasteiger partial charge in [-0.1, -0.05) is 36.4 Å². The van der Waals surface area contributed by atoms with Gasteiger partial charge in [0.15, 0.2) is 0 Å². The molecule has 32 heavy (non-hydrogen) atoms. The third-order valence-corrected chi connectivity index (χ3v) is 5.06. The predicted octanol–water partition coefficient (Wildman–Crippen LogP) is 4.37. The first-order valence-corrected chi connectivity index (χ1v) is 10.7. The zero-order valence-electron chi connectivity index (χ0n) is 18.6. The molecule has 2 aromatic rings. The number of rotatable bonds is 6. The minimum atomic E-state index is -0.619. The lowest BCUT2D eigenvalue weighted by atomic mass is 10.1. The van der Waals surface area contributed by atoms with E-state index in [4.69, 9.17) is 14.2 Å². The van der Waals surface area contributed by atoms with E-state index >= 15 is 0 Å². The first kappa shape index (κ1) is 23.3. The molecular formula is C25H29NO6. The van der Waals surface area contributed by atoms with Crippen LogP contribution in [0.25, 0.3) is 0 Å². The van der Waals surface area contributed by atoms with Crippen LogP contribution in [-0.4, -0.2) is 42.4 Å². The van der Waals surface area contributed by atoms with Crippen LogP contribution in [0.3, 0.4) is 0 Å². The summed E-state index contributed by atoms with van der Waals surface area (Å²) in [5.74, 6) is -1.15. The Balaban J connectivity index is 1.65. The van der Waals surface area contributed by atoms with Crippen LogP contribution in [0.15, 0.2) is 60.7 Å². The first-order valence-electron chi connectivity index (χ1n) is 10.7. The van der Waals surface area contributed by atoms with Gasteiger partial charge in [-0.25, -0.2) is 14.4 Å². The Kier molecular flexibility index (Phi) is 7.51. The van der Waals surface area contributed by atoms with Crippen LogP contribution in [-0.2, 0) is 14.2 Å². The van der Waals surface area contributed by atoms with E-state index in [-0.39, 0.29) is 18.6 Å². The van der Waals surface area contributed by atoms with E-state index in [0.717, 1.165) is 0 Å². The smallest absolute Gasteiger partial charge is 0.407 e. The fourth-order valence-electron chi connectivity index (χ4n) is 3.62. The first-order chi connectivity index (χ1) is 15.2. The molecule has 0 heterocycles. The van der Waals surface area contributed by atoms with Crippen molar-refractivity contribution >= 4 is 18.0 Å². The van der Waals surface area contributed by atoms with Gasteiger partial charge in [-0.2, -0.15) is 0 Å². The van der Waals surface area contributed by atoms with Crippen LogP contribution in [0, 0.1) is 5.92 Å². The fourth-order valence-corrected chi connectivity index (χ4v) is 3.62. The van der Waals surface area contributed by atoms with Gasteiger partial charge < -0.3 is 19.5 Å². The number of hydrogen-bond acceptors (Lipinski definition) is 6. The van der Waals surface area contributed by atoms with Crippen molar-refractivity contribution in [3.8, 4) is 0 Å². The van der Waals surface area contributed by atoms with Crippen molar-refractivity contribution in [2.45, 2.75) is 51.4 Å². The summed E-state index contributed by atoms with van der Waals surface area (Å²) in [6, 6.07) is 17.1. The van der Waals surface area contributed by atoms with Crippen molar-refractivity contribution in [1.29, 1.82) is 0 Å². The lowest BCUT2D eigenvalue weighted by Gasteiger charge is -2.21. The Morgan fingerprint density at radius 2 is 1.44 bits per heavy atom. The standard InChI is InChI=1S/C25H29NO6/c1-25(2,3)32-24(29)26-20-14-19(16-30-22(27)17-10-6-4-7-11-17)21(15-20)31-23(28)18-12-8-5-9-13-18/h4-13,19-21H,14-16H2,1-3H3,(H,26,29)/t19-,20+,21-/m0/s1. The van der Waals surface area contributed by atoms with E-state index in [1.807, 2.05) is 12.1 Å². The number of hydrogen-bond donors (Lipinski definition) is 1. The Hall–Kier alpha value is -3.35. The van der Waals surface area contributed by atoms with E-state index in [1.165, 1.54) is 0 Å². The summed E-state index contributed by atoms with van der Waals surface area (Å²) in [4.78, 5) is 37.1. The summed E-state index contributed by atoms with van der Waals surface area (Å²) in [7, 11) is 0. The van der Waals surface area contributed by atoms with Gasteiger partial charge in [0.05, 0.1) is 17.7 Å².